The highest BCUT2D eigenvalue weighted by Crippen LogP contribution is 2.11. The van der Waals surface area contributed by atoms with Crippen molar-refractivity contribution in [2.24, 2.45) is 11.5 Å². The summed E-state index contributed by atoms with van der Waals surface area (Å²) in [6, 6.07) is 0. The summed E-state index contributed by atoms with van der Waals surface area (Å²) in [5.74, 6) is -1.88. The molecule has 7 heteroatoms. The zero-order chi connectivity index (χ0) is 10.7. The van der Waals surface area contributed by atoms with Crippen LogP contribution in [-0.2, 0) is 14.6 Å². The predicted octanol–water partition coefficient (Wildman–Crippen LogP) is -1.49. The van der Waals surface area contributed by atoms with E-state index in [2.05, 4.69) is 0 Å². The average molecular weight is 210 g/mol. The second-order valence-electron chi connectivity index (χ2n) is 2.72. The van der Waals surface area contributed by atoms with Crippen LogP contribution in [0.4, 0.5) is 0 Å². The first kappa shape index (κ1) is 12.3. The Labute approximate surface area is 76.8 Å². The van der Waals surface area contributed by atoms with Gasteiger partial charge in [0.2, 0.25) is 4.87 Å². The summed E-state index contributed by atoms with van der Waals surface area (Å²) in [6.45, 7) is 1.00. The van der Waals surface area contributed by atoms with Gasteiger partial charge in [0.15, 0.2) is 9.84 Å². The molecule has 0 aromatic carbocycles. The smallest absolute Gasteiger partial charge is 0.340 e. The minimum Gasteiger partial charge on any atom is -0.479 e. The van der Waals surface area contributed by atoms with Crippen LogP contribution in [0.3, 0.4) is 0 Å². The molecular formula is C6H14N2O4S. The molecule has 0 aliphatic carbocycles. The number of carbonyl (C=O) groups is 1. The van der Waals surface area contributed by atoms with Gasteiger partial charge in [0, 0.05) is 6.54 Å². The Morgan fingerprint density at radius 3 is 2.23 bits per heavy atom. The lowest BCUT2D eigenvalue weighted by atomic mass is 10.3. The molecule has 0 fully saturated rings. The molecule has 5 N–H and O–H groups in total. The van der Waals surface area contributed by atoms with Crippen molar-refractivity contribution in [2.75, 3.05) is 12.3 Å². The van der Waals surface area contributed by atoms with E-state index in [9.17, 15) is 13.2 Å². The summed E-state index contributed by atoms with van der Waals surface area (Å²) in [5, 5.41) is 8.61. The summed E-state index contributed by atoms with van der Waals surface area (Å²) in [6.07, 6.45) is 0.314. The van der Waals surface area contributed by atoms with Gasteiger partial charge in [-0.2, -0.15) is 0 Å². The molecule has 0 bridgehead atoms. The van der Waals surface area contributed by atoms with Gasteiger partial charge in [-0.1, -0.05) is 6.92 Å². The first-order valence-corrected chi connectivity index (χ1v) is 5.41. The van der Waals surface area contributed by atoms with E-state index in [4.69, 9.17) is 16.6 Å². The van der Waals surface area contributed by atoms with Gasteiger partial charge in [-0.05, 0) is 6.42 Å². The summed E-state index contributed by atoms with van der Waals surface area (Å²) >= 11 is 0. The fraction of sp³-hybridized carbons (Fsp3) is 0.833. The topological polar surface area (TPSA) is 123 Å². The number of hydrogen-bond acceptors (Lipinski definition) is 5. The number of nitrogens with two attached hydrogens (primary N) is 2. The van der Waals surface area contributed by atoms with Gasteiger partial charge in [-0.25, -0.2) is 13.2 Å². The van der Waals surface area contributed by atoms with Crippen LogP contribution in [-0.4, -0.2) is 36.7 Å². The molecule has 0 rings (SSSR count). The summed E-state index contributed by atoms with van der Waals surface area (Å²) in [4.78, 5) is 8.25. The minimum atomic E-state index is -3.87. The lowest BCUT2D eigenvalue weighted by molar-refractivity contribution is -0.139. The number of carboxylic acid groups (broad SMARTS) is 1. The molecule has 0 amide bonds. The normalized spacial score (nSPS) is 16.5. The zero-order valence-corrected chi connectivity index (χ0v) is 8.17. The molecule has 0 aliphatic rings. The second kappa shape index (κ2) is 4.03. The second-order valence-corrected chi connectivity index (χ2v) is 5.08. The maximum absolute atomic E-state index is 11.3. The van der Waals surface area contributed by atoms with Crippen molar-refractivity contribution in [2.45, 2.75) is 18.2 Å². The van der Waals surface area contributed by atoms with Crippen molar-refractivity contribution < 1.29 is 18.3 Å². The van der Waals surface area contributed by atoms with E-state index >= 15 is 0 Å². The molecule has 0 saturated heterocycles. The molecule has 78 valence electrons. The van der Waals surface area contributed by atoms with Gasteiger partial charge in [0.05, 0.1) is 5.75 Å². The van der Waals surface area contributed by atoms with E-state index < -0.39 is 27.2 Å². The highest BCUT2D eigenvalue weighted by molar-refractivity contribution is 7.93. The lowest BCUT2D eigenvalue weighted by Crippen LogP contribution is -2.60. The molecule has 6 nitrogen and oxygen atoms in total. The number of carboxylic acids is 1. The lowest BCUT2D eigenvalue weighted by Gasteiger charge is -2.22. The van der Waals surface area contributed by atoms with Crippen molar-refractivity contribution in [1.29, 1.82) is 0 Å². The first-order chi connectivity index (χ1) is 5.81. The fourth-order valence-electron chi connectivity index (χ4n) is 0.798. The van der Waals surface area contributed by atoms with Crippen LogP contribution in [0.1, 0.15) is 13.3 Å². The van der Waals surface area contributed by atoms with Crippen LogP contribution in [0, 0.1) is 0 Å². The Morgan fingerprint density at radius 1 is 1.54 bits per heavy atom. The van der Waals surface area contributed by atoms with Crippen LogP contribution in [0.15, 0.2) is 0 Å². The van der Waals surface area contributed by atoms with Crippen LogP contribution < -0.4 is 11.5 Å². The molecule has 0 aromatic heterocycles. The molecule has 0 aliphatic heterocycles. The summed E-state index contributed by atoms with van der Waals surface area (Å²) < 4.78 is 22.7. The average Bonchev–Trinajstić information content (AvgIpc) is 2.02. The molecule has 1 atom stereocenters. The van der Waals surface area contributed by atoms with Crippen LogP contribution in [0.2, 0.25) is 0 Å². The molecule has 0 aromatic rings. The number of rotatable bonds is 5. The highest BCUT2D eigenvalue weighted by atomic mass is 32.2. The Kier molecular flexibility index (Phi) is 3.83. The van der Waals surface area contributed by atoms with Crippen molar-refractivity contribution in [1.82, 2.24) is 0 Å². The zero-order valence-electron chi connectivity index (χ0n) is 7.36. The Hall–Kier alpha value is -0.660. The van der Waals surface area contributed by atoms with Gasteiger partial charge in [0.25, 0.3) is 0 Å². The van der Waals surface area contributed by atoms with Crippen LogP contribution >= 0.6 is 0 Å². The molecular weight excluding hydrogens is 196 g/mol. The number of aliphatic carboxylic acids is 1. The predicted molar refractivity (Wildman–Crippen MR) is 47.7 cm³/mol. The molecule has 0 saturated carbocycles. The minimum absolute atomic E-state index is 0.271. The van der Waals surface area contributed by atoms with E-state index in [0.717, 1.165) is 0 Å². The summed E-state index contributed by atoms with van der Waals surface area (Å²) in [7, 11) is -3.87. The van der Waals surface area contributed by atoms with Gasteiger partial charge in [-0.15, -0.1) is 0 Å². The third-order valence-corrected chi connectivity index (χ3v) is 4.09. The van der Waals surface area contributed by atoms with Crippen molar-refractivity contribution >= 4 is 15.8 Å². The third-order valence-electron chi connectivity index (χ3n) is 1.69. The van der Waals surface area contributed by atoms with E-state index in [1.54, 1.807) is 6.92 Å². The molecule has 1 unspecified atom stereocenters. The Bertz CT molecular complexity index is 287. The third kappa shape index (κ3) is 2.17. The SMILES string of the molecule is CCCS(=O)(=O)C(N)(CN)C(=O)O. The maximum Gasteiger partial charge on any atom is 0.340 e. The first-order valence-electron chi connectivity index (χ1n) is 3.76. The van der Waals surface area contributed by atoms with Crippen molar-refractivity contribution in [3.8, 4) is 0 Å². The van der Waals surface area contributed by atoms with Crippen LogP contribution in [0.5, 0.6) is 0 Å². The van der Waals surface area contributed by atoms with E-state index in [1.165, 1.54) is 0 Å². The van der Waals surface area contributed by atoms with Gasteiger partial charge in [-0.3, -0.25) is 0 Å². The standard InChI is InChI=1S/C6H14N2O4S/c1-2-3-13(11,12)6(8,4-7)5(9)10/h2-4,7-8H2,1H3,(H,9,10). The van der Waals surface area contributed by atoms with Crippen LogP contribution in [0.25, 0.3) is 0 Å². The number of sulfone groups is 1. The molecule has 0 spiro atoms. The largest absolute Gasteiger partial charge is 0.479 e. The number of hydrogen-bond donors (Lipinski definition) is 3. The van der Waals surface area contributed by atoms with Crippen molar-refractivity contribution in [3.63, 3.8) is 0 Å². The van der Waals surface area contributed by atoms with E-state index in [1.807, 2.05) is 0 Å². The Balaban J connectivity index is 5.09. The van der Waals surface area contributed by atoms with Gasteiger partial charge >= 0.3 is 5.97 Å². The monoisotopic (exact) mass is 210 g/mol. The Morgan fingerprint density at radius 2 is 2.00 bits per heavy atom. The van der Waals surface area contributed by atoms with Gasteiger partial charge < -0.3 is 16.6 Å². The maximum atomic E-state index is 11.3. The van der Waals surface area contributed by atoms with Crippen molar-refractivity contribution in [3.05, 3.63) is 0 Å². The summed E-state index contributed by atoms with van der Waals surface area (Å²) in [5.41, 5.74) is 10.2. The molecule has 13 heavy (non-hydrogen) atoms. The fourth-order valence-corrected chi connectivity index (χ4v) is 2.22. The van der Waals surface area contributed by atoms with E-state index in [0.29, 0.717) is 6.42 Å². The quantitative estimate of drug-likeness (QED) is 0.508. The molecule has 0 heterocycles. The van der Waals surface area contributed by atoms with Gasteiger partial charge in [0.1, 0.15) is 0 Å². The highest BCUT2D eigenvalue weighted by Gasteiger charge is 2.45. The molecule has 0 radical (unpaired) electrons. The van der Waals surface area contributed by atoms with E-state index in [-0.39, 0.29) is 5.75 Å².